The Hall–Kier alpha value is -1.73. The van der Waals surface area contributed by atoms with Crippen LogP contribution < -0.4 is 5.32 Å². The molecule has 1 saturated heterocycles. The van der Waals surface area contributed by atoms with Crippen molar-refractivity contribution in [1.82, 2.24) is 30.1 Å². The van der Waals surface area contributed by atoms with Crippen LogP contribution in [0.15, 0.2) is 10.7 Å². The molecule has 1 fully saturated rings. The zero-order valence-electron chi connectivity index (χ0n) is 13.1. The van der Waals surface area contributed by atoms with Crippen molar-refractivity contribution in [2.24, 2.45) is 7.05 Å². The van der Waals surface area contributed by atoms with Gasteiger partial charge >= 0.3 is 0 Å². The maximum Gasteiger partial charge on any atom is 0.261 e. The van der Waals surface area contributed by atoms with Crippen molar-refractivity contribution in [3.05, 3.63) is 17.7 Å². The van der Waals surface area contributed by atoms with Gasteiger partial charge in [0.2, 0.25) is 0 Å². The largest absolute Gasteiger partial charge is 0.334 e. The molecule has 1 N–H and O–H groups in total. The Kier molecular flexibility index (Phi) is 3.54. The molecule has 3 heterocycles. The standard InChI is InChI=1S/C14H22N6O/c1-10-11(9-19(4)17-10)12-16-13(18-21-12)14(2,3)20-7-5-15-6-8-20/h9,15H,5-8H2,1-4H3. The number of piperazine rings is 1. The van der Waals surface area contributed by atoms with E-state index in [9.17, 15) is 0 Å². The van der Waals surface area contributed by atoms with Gasteiger partial charge < -0.3 is 9.84 Å². The fraction of sp³-hybridized carbons (Fsp3) is 0.643. The molecule has 0 aliphatic carbocycles. The van der Waals surface area contributed by atoms with Gasteiger partial charge in [0.05, 0.1) is 16.8 Å². The fourth-order valence-electron chi connectivity index (χ4n) is 2.76. The van der Waals surface area contributed by atoms with Gasteiger partial charge in [-0.15, -0.1) is 0 Å². The third-order valence-electron chi connectivity index (χ3n) is 4.12. The Morgan fingerprint density at radius 1 is 1.29 bits per heavy atom. The summed E-state index contributed by atoms with van der Waals surface area (Å²) >= 11 is 0. The molecule has 0 aromatic carbocycles. The Morgan fingerprint density at radius 2 is 2.00 bits per heavy atom. The molecule has 7 heteroatoms. The molecule has 0 unspecified atom stereocenters. The Morgan fingerprint density at radius 3 is 2.62 bits per heavy atom. The number of aromatic nitrogens is 4. The molecule has 1 aliphatic rings. The van der Waals surface area contributed by atoms with Crippen LogP contribution in [0.4, 0.5) is 0 Å². The maximum atomic E-state index is 5.47. The van der Waals surface area contributed by atoms with Crippen molar-refractivity contribution in [2.45, 2.75) is 26.3 Å². The molecule has 2 aromatic heterocycles. The first-order valence-electron chi connectivity index (χ1n) is 7.29. The molecule has 0 bridgehead atoms. The summed E-state index contributed by atoms with van der Waals surface area (Å²) in [6.07, 6.45) is 1.91. The van der Waals surface area contributed by atoms with Crippen LogP contribution in [0, 0.1) is 6.92 Å². The summed E-state index contributed by atoms with van der Waals surface area (Å²) < 4.78 is 7.23. The Bertz CT molecular complexity index is 623. The average molecular weight is 290 g/mol. The molecule has 3 rings (SSSR count). The molecule has 0 atom stereocenters. The molecule has 114 valence electrons. The van der Waals surface area contributed by atoms with Crippen LogP contribution in [0.3, 0.4) is 0 Å². The maximum absolute atomic E-state index is 5.47. The van der Waals surface area contributed by atoms with Crippen LogP contribution in [-0.4, -0.2) is 51.0 Å². The lowest BCUT2D eigenvalue weighted by Crippen LogP contribution is -2.52. The van der Waals surface area contributed by atoms with Crippen molar-refractivity contribution in [3.63, 3.8) is 0 Å². The third kappa shape index (κ3) is 2.58. The zero-order valence-corrected chi connectivity index (χ0v) is 13.1. The predicted molar refractivity (Wildman–Crippen MR) is 78.7 cm³/mol. The molecule has 2 aromatic rings. The first-order chi connectivity index (χ1) is 9.98. The van der Waals surface area contributed by atoms with Gasteiger partial charge in [0, 0.05) is 39.4 Å². The van der Waals surface area contributed by atoms with E-state index in [0.29, 0.717) is 5.89 Å². The van der Waals surface area contributed by atoms with Gasteiger partial charge in [-0.05, 0) is 20.8 Å². The van der Waals surface area contributed by atoms with Gasteiger partial charge in [-0.25, -0.2) is 0 Å². The van der Waals surface area contributed by atoms with Gasteiger partial charge in [0.15, 0.2) is 5.82 Å². The first-order valence-corrected chi connectivity index (χ1v) is 7.29. The smallest absolute Gasteiger partial charge is 0.261 e. The average Bonchev–Trinajstić information content (AvgIpc) is 3.06. The monoisotopic (exact) mass is 290 g/mol. The number of rotatable bonds is 3. The van der Waals surface area contributed by atoms with Crippen LogP contribution in [-0.2, 0) is 12.6 Å². The SMILES string of the molecule is Cc1nn(C)cc1-c1nc(C(C)(C)N2CCNCC2)no1. The highest BCUT2D eigenvalue weighted by molar-refractivity contribution is 5.54. The van der Waals surface area contributed by atoms with E-state index in [2.05, 4.69) is 39.3 Å². The van der Waals surface area contributed by atoms with E-state index < -0.39 is 0 Å². The summed E-state index contributed by atoms with van der Waals surface area (Å²) in [7, 11) is 1.89. The number of nitrogens with zero attached hydrogens (tertiary/aromatic N) is 5. The zero-order chi connectivity index (χ0) is 15.0. The molecule has 7 nitrogen and oxygen atoms in total. The molecule has 0 saturated carbocycles. The van der Waals surface area contributed by atoms with E-state index in [1.165, 1.54) is 0 Å². The summed E-state index contributed by atoms with van der Waals surface area (Å²) in [6, 6.07) is 0. The van der Waals surface area contributed by atoms with Crippen LogP contribution in [0.2, 0.25) is 0 Å². The number of aryl methyl sites for hydroxylation is 2. The third-order valence-corrected chi connectivity index (χ3v) is 4.12. The Labute approximate surface area is 124 Å². The second-order valence-electron chi connectivity index (χ2n) is 6.02. The number of nitrogens with one attached hydrogen (secondary N) is 1. The van der Waals surface area contributed by atoms with Gasteiger partial charge in [-0.3, -0.25) is 9.58 Å². The molecule has 21 heavy (non-hydrogen) atoms. The quantitative estimate of drug-likeness (QED) is 0.906. The summed E-state index contributed by atoms with van der Waals surface area (Å²) in [4.78, 5) is 6.99. The normalized spacial score (nSPS) is 17.3. The van der Waals surface area contributed by atoms with Crippen LogP contribution >= 0.6 is 0 Å². The summed E-state index contributed by atoms with van der Waals surface area (Å²) in [5.74, 6) is 1.27. The van der Waals surface area contributed by atoms with E-state index in [1.807, 2.05) is 20.2 Å². The second-order valence-corrected chi connectivity index (χ2v) is 6.02. The highest BCUT2D eigenvalue weighted by atomic mass is 16.5. The van der Waals surface area contributed by atoms with Crippen molar-refractivity contribution in [2.75, 3.05) is 26.2 Å². The second kappa shape index (κ2) is 5.23. The lowest BCUT2D eigenvalue weighted by molar-refractivity contribution is 0.0925. The lowest BCUT2D eigenvalue weighted by atomic mass is 10.0. The molecule has 0 radical (unpaired) electrons. The van der Waals surface area contributed by atoms with Gasteiger partial charge in [-0.2, -0.15) is 10.1 Å². The minimum Gasteiger partial charge on any atom is -0.334 e. The predicted octanol–water partition coefficient (Wildman–Crippen LogP) is 0.919. The van der Waals surface area contributed by atoms with E-state index in [4.69, 9.17) is 4.52 Å². The fourth-order valence-corrected chi connectivity index (χ4v) is 2.76. The highest BCUT2D eigenvalue weighted by Crippen LogP contribution is 2.28. The van der Waals surface area contributed by atoms with Gasteiger partial charge in [-0.1, -0.05) is 5.16 Å². The number of hydrogen-bond acceptors (Lipinski definition) is 6. The summed E-state index contributed by atoms with van der Waals surface area (Å²) in [5, 5.41) is 11.9. The molecular weight excluding hydrogens is 268 g/mol. The van der Waals surface area contributed by atoms with Crippen molar-refractivity contribution in [1.29, 1.82) is 0 Å². The van der Waals surface area contributed by atoms with Crippen molar-refractivity contribution >= 4 is 0 Å². The minimum atomic E-state index is -0.236. The molecule has 0 amide bonds. The molecule has 1 aliphatic heterocycles. The van der Waals surface area contributed by atoms with E-state index in [-0.39, 0.29) is 5.54 Å². The van der Waals surface area contributed by atoms with Crippen LogP contribution in [0.1, 0.15) is 25.4 Å². The van der Waals surface area contributed by atoms with Crippen molar-refractivity contribution in [3.8, 4) is 11.5 Å². The van der Waals surface area contributed by atoms with E-state index >= 15 is 0 Å². The summed E-state index contributed by atoms with van der Waals surface area (Å²) in [5.41, 5.74) is 1.56. The number of hydrogen-bond donors (Lipinski definition) is 1. The first kappa shape index (κ1) is 14.2. The van der Waals surface area contributed by atoms with Gasteiger partial charge in [0.25, 0.3) is 5.89 Å². The van der Waals surface area contributed by atoms with Crippen LogP contribution in [0.25, 0.3) is 11.5 Å². The molecular formula is C14H22N6O. The lowest BCUT2D eigenvalue weighted by Gasteiger charge is -2.38. The van der Waals surface area contributed by atoms with Crippen molar-refractivity contribution < 1.29 is 4.52 Å². The summed E-state index contributed by atoms with van der Waals surface area (Å²) in [6.45, 7) is 10.2. The van der Waals surface area contributed by atoms with E-state index in [0.717, 1.165) is 43.3 Å². The van der Waals surface area contributed by atoms with Crippen LogP contribution in [0.5, 0.6) is 0 Å². The Balaban J connectivity index is 1.88. The van der Waals surface area contributed by atoms with E-state index in [1.54, 1.807) is 4.68 Å². The highest BCUT2D eigenvalue weighted by Gasteiger charge is 2.34. The topological polar surface area (TPSA) is 72.0 Å². The molecule has 0 spiro atoms. The minimum absolute atomic E-state index is 0.236. The van der Waals surface area contributed by atoms with Gasteiger partial charge in [0.1, 0.15) is 0 Å².